The lowest BCUT2D eigenvalue weighted by molar-refractivity contribution is -0.133. The van der Waals surface area contributed by atoms with E-state index in [9.17, 15) is 4.79 Å². The van der Waals surface area contributed by atoms with Gasteiger partial charge < -0.3 is 10.6 Å². The molecule has 21 heavy (non-hydrogen) atoms. The van der Waals surface area contributed by atoms with Gasteiger partial charge in [0.05, 0.1) is 0 Å². The molecule has 2 fully saturated rings. The standard InChI is InChI=1S/C17H24N2OS/c18-15-3-1-14(2-4-15)12-19(16-5-6-16)17(20)11-13-7-9-21-10-8-13/h1-4,13,16H,5-12,18H2. The first-order valence-corrected chi connectivity index (χ1v) is 9.09. The molecule has 0 radical (unpaired) electrons. The first-order valence-electron chi connectivity index (χ1n) is 7.94. The topological polar surface area (TPSA) is 46.3 Å². The van der Waals surface area contributed by atoms with E-state index in [0.29, 0.717) is 17.9 Å². The first kappa shape index (κ1) is 14.8. The number of nitrogens with two attached hydrogens (primary N) is 1. The van der Waals surface area contributed by atoms with Gasteiger partial charge in [0, 0.05) is 24.7 Å². The van der Waals surface area contributed by atoms with Crippen molar-refractivity contribution < 1.29 is 4.79 Å². The second-order valence-corrected chi connectivity index (χ2v) is 7.48. The number of benzene rings is 1. The number of anilines is 1. The Morgan fingerprint density at radius 1 is 1.14 bits per heavy atom. The summed E-state index contributed by atoms with van der Waals surface area (Å²) in [5, 5.41) is 0. The number of hydrogen-bond donors (Lipinski definition) is 1. The maximum absolute atomic E-state index is 12.7. The lowest BCUT2D eigenvalue weighted by Gasteiger charge is -2.27. The van der Waals surface area contributed by atoms with Crippen molar-refractivity contribution >= 4 is 23.4 Å². The minimum Gasteiger partial charge on any atom is -0.399 e. The number of hydrogen-bond acceptors (Lipinski definition) is 3. The SMILES string of the molecule is Nc1ccc(CN(C(=O)CC2CCSCC2)C2CC2)cc1. The molecule has 0 unspecified atom stereocenters. The molecule has 0 bridgehead atoms. The van der Waals surface area contributed by atoms with E-state index in [-0.39, 0.29) is 0 Å². The van der Waals surface area contributed by atoms with Crippen LogP contribution in [0.5, 0.6) is 0 Å². The minimum absolute atomic E-state index is 0.353. The molecule has 1 heterocycles. The lowest BCUT2D eigenvalue weighted by atomic mass is 9.98. The largest absolute Gasteiger partial charge is 0.399 e. The Hall–Kier alpha value is -1.16. The van der Waals surface area contributed by atoms with Gasteiger partial charge in [0.25, 0.3) is 0 Å². The minimum atomic E-state index is 0.353. The summed E-state index contributed by atoms with van der Waals surface area (Å²) < 4.78 is 0. The molecule has 0 aromatic heterocycles. The molecule has 0 spiro atoms. The van der Waals surface area contributed by atoms with E-state index in [1.165, 1.54) is 42.8 Å². The zero-order chi connectivity index (χ0) is 14.7. The second-order valence-electron chi connectivity index (χ2n) is 6.25. The number of carbonyl (C=O) groups excluding carboxylic acids is 1. The maximum Gasteiger partial charge on any atom is 0.223 e. The molecule has 2 N–H and O–H groups in total. The van der Waals surface area contributed by atoms with E-state index >= 15 is 0 Å². The Morgan fingerprint density at radius 3 is 2.43 bits per heavy atom. The summed E-state index contributed by atoms with van der Waals surface area (Å²) in [7, 11) is 0. The van der Waals surface area contributed by atoms with Crippen LogP contribution in [0.15, 0.2) is 24.3 Å². The molecule has 114 valence electrons. The third-order valence-corrected chi connectivity index (χ3v) is 5.49. The Morgan fingerprint density at radius 2 is 1.81 bits per heavy atom. The molecule has 3 rings (SSSR count). The van der Waals surface area contributed by atoms with E-state index in [2.05, 4.69) is 4.90 Å². The van der Waals surface area contributed by atoms with Crippen LogP contribution in [0.25, 0.3) is 0 Å². The molecule has 1 aliphatic heterocycles. The van der Waals surface area contributed by atoms with Gasteiger partial charge >= 0.3 is 0 Å². The molecular weight excluding hydrogens is 280 g/mol. The summed E-state index contributed by atoms with van der Waals surface area (Å²) in [4.78, 5) is 14.8. The normalized spacial score (nSPS) is 19.4. The van der Waals surface area contributed by atoms with Crippen molar-refractivity contribution in [1.29, 1.82) is 0 Å². The Bertz CT molecular complexity index is 478. The maximum atomic E-state index is 12.7. The summed E-state index contributed by atoms with van der Waals surface area (Å²) in [6, 6.07) is 8.39. The van der Waals surface area contributed by atoms with E-state index in [4.69, 9.17) is 5.73 Å². The lowest BCUT2D eigenvalue weighted by Crippen LogP contribution is -2.34. The highest BCUT2D eigenvalue weighted by Crippen LogP contribution is 2.32. The summed E-state index contributed by atoms with van der Waals surface area (Å²) >= 11 is 2.02. The molecule has 1 aliphatic carbocycles. The van der Waals surface area contributed by atoms with Gasteiger partial charge in [-0.2, -0.15) is 11.8 Å². The first-order chi connectivity index (χ1) is 10.2. The second kappa shape index (κ2) is 6.73. The predicted octanol–water partition coefficient (Wildman–Crippen LogP) is 3.29. The molecule has 4 heteroatoms. The number of nitrogen functional groups attached to an aromatic ring is 1. The highest BCUT2D eigenvalue weighted by molar-refractivity contribution is 7.99. The summed E-state index contributed by atoms with van der Waals surface area (Å²) in [6.45, 7) is 0.741. The van der Waals surface area contributed by atoms with Gasteiger partial charge in [-0.15, -0.1) is 0 Å². The van der Waals surface area contributed by atoms with Gasteiger partial charge in [0.1, 0.15) is 0 Å². The van der Waals surface area contributed by atoms with Crippen LogP contribution < -0.4 is 5.73 Å². The average Bonchev–Trinajstić information content (AvgIpc) is 3.32. The van der Waals surface area contributed by atoms with Crippen LogP contribution in [0, 0.1) is 5.92 Å². The van der Waals surface area contributed by atoms with Crippen LogP contribution in [0.2, 0.25) is 0 Å². The predicted molar refractivity (Wildman–Crippen MR) is 89.1 cm³/mol. The third kappa shape index (κ3) is 4.16. The van der Waals surface area contributed by atoms with Gasteiger partial charge in [-0.05, 0) is 60.8 Å². The fraction of sp³-hybridized carbons (Fsp3) is 0.588. The fourth-order valence-electron chi connectivity index (χ4n) is 2.94. The quantitative estimate of drug-likeness (QED) is 0.849. The van der Waals surface area contributed by atoms with Gasteiger partial charge in [-0.1, -0.05) is 12.1 Å². The van der Waals surface area contributed by atoms with Crippen LogP contribution >= 0.6 is 11.8 Å². The molecule has 1 amide bonds. The van der Waals surface area contributed by atoms with Gasteiger partial charge in [-0.25, -0.2) is 0 Å². The number of thioether (sulfide) groups is 1. The molecule has 1 saturated carbocycles. The van der Waals surface area contributed by atoms with Crippen LogP contribution in [0.4, 0.5) is 5.69 Å². The average molecular weight is 304 g/mol. The van der Waals surface area contributed by atoms with Crippen LogP contribution in [-0.4, -0.2) is 28.4 Å². The third-order valence-electron chi connectivity index (χ3n) is 4.44. The number of carbonyl (C=O) groups is 1. The van der Waals surface area contributed by atoms with Gasteiger partial charge in [-0.3, -0.25) is 4.79 Å². The van der Waals surface area contributed by atoms with Crippen molar-refractivity contribution in [3.63, 3.8) is 0 Å². The van der Waals surface area contributed by atoms with Crippen molar-refractivity contribution in [2.45, 2.75) is 44.7 Å². The van der Waals surface area contributed by atoms with E-state index in [0.717, 1.165) is 18.7 Å². The smallest absolute Gasteiger partial charge is 0.223 e. The highest BCUT2D eigenvalue weighted by Gasteiger charge is 2.33. The van der Waals surface area contributed by atoms with Gasteiger partial charge in [0.2, 0.25) is 5.91 Å². The molecule has 1 saturated heterocycles. The van der Waals surface area contributed by atoms with Crippen LogP contribution in [0.1, 0.15) is 37.7 Å². The number of amides is 1. The summed E-state index contributed by atoms with van der Waals surface area (Å²) in [5.41, 5.74) is 7.69. The summed E-state index contributed by atoms with van der Waals surface area (Å²) in [5.74, 6) is 3.40. The van der Waals surface area contributed by atoms with Gasteiger partial charge in [0.15, 0.2) is 0 Å². The number of rotatable bonds is 5. The van der Waals surface area contributed by atoms with E-state index in [1.807, 2.05) is 36.0 Å². The molecule has 3 nitrogen and oxygen atoms in total. The number of nitrogens with zero attached hydrogens (tertiary/aromatic N) is 1. The van der Waals surface area contributed by atoms with Crippen molar-refractivity contribution in [3.8, 4) is 0 Å². The molecule has 1 aromatic rings. The Labute approximate surface area is 131 Å². The zero-order valence-corrected chi connectivity index (χ0v) is 13.3. The van der Waals surface area contributed by atoms with Crippen molar-refractivity contribution in [1.82, 2.24) is 4.90 Å². The fourth-order valence-corrected chi connectivity index (χ4v) is 4.15. The Balaban J connectivity index is 1.60. The van der Waals surface area contributed by atoms with Crippen LogP contribution in [-0.2, 0) is 11.3 Å². The molecule has 0 atom stereocenters. The van der Waals surface area contributed by atoms with Crippen molar-refractivity contribution in [3.05, 3.63) is 29.8 Å². The molecular formula is C17H24N2OS. The monoisotopic (exact) mass is 304 g/mol. The van der Waals surface area contributed by atoms with Crippen LogP contribution in [0.3, 0.4) is 0 Å². The zero-order valence-electron chi connectivity index (χ0n) is 12.5. The van der Waals surface area contributed by atoms with Crippen molar-refractivity contribution in [2.24, 2.45) is 5.92 Å². The highest BCUT2D eigenvalue weighted by atomic mass is 32.2. The van der Waals surface area contributed by atoms with E-state index < -0.39 is 0 Å². The summed E-state index contributed by atoms with van der Waals surface area (Å²) in [6.07, 6.45) is 5.49. The molecule has 2 aliphatic rings. The Kier molecular flexibility index (Phi) is 4.73. The van der Waals surface area contributed by atoms with E-state index in [1.54, 1.807) is 0 Å². The van der Waals surface area contributed by atoms with Crippen molar-refractivity contribution in [2.75, 3.05) is 17.2 Å². The molecule has 1 aromatic carbocycles.